The number of aromatic nitrogens is 1. The predicted molar refractivity (Wildman–Crippen MR) is 120 cm³/mol. The van der Waals surface area contributed by atoms with Crippen molar-refractivity contribution < 1.29 is 18.0 Å². The summed E-state index contributed by atoms with van der Waals surface area (Å²) >= 11 is 0. The summed E-state index contributed by atoms with van der Waals surface area (Å²) in [5.41, 5.74) is 0.977. The lowest BCUT2D eigenvalue weighted by atomic mass is 10.0. The second kappa shape index (κ2) is 11.5. The Bertz CT molecular complexity index is 983. The number of likely N-dealkylation sites (N-methyl/N-ethyl adjacent to an activating group) is 1. The van der Waals surface area contributed by atoms with Crippen LogP contribution in [0.1, 0.15) is 31.7 Å². The number of aryl methyl sites for hydroxylation is 1. The normalized spacial score (nSPS) is 12.2. The Hall–Kier alpha value is -3.06. The topological polar surface area (TPSA) is 58.4 Å². The molecule has 1 atom stereocenters. The minimum atomic E-state index is -0.716. The van der Waals surface area contributed by atoms with Gasteiger partial charge in [-0.15, -0.1) is 0 Å². The summed E-state index contributed by atoms with van der Waals surface area (Å²) in [6, 6.07) is 14.0. The zero-order valence-corrected chi connectivity index (χ0v) is 18.5. The Morgan fingerprint density at radius 3 is 2.41 bits per heavy atom. The zero-order valence-electron chi connectivity index (χ0n) is 18.5. The summed E-state index contributed by atoms with van der Waals surface area (Å²) in [5, 5.41) is 3.01. The van der Waals surface area contributed by atoms with Gasteiger partial charge in [0.2, 0.25) is 5.91 Å². The monoisotopic (exact) mass is 441 g/mol. The van der Waals surface area contributed by atoms with Crippen molar-refractivity contribution >= 4 is 5.91 Å². The average Bonchev–Trinajstić information content (AvgIpc) is 3.26. The van der Waals surface area contributed by atoms with Crippen LogP contribution in [0.15, 0.2) is 59.1 Å². The lowest BCUT2D eigenvalue weighted by molar-refractivity contribution is -0.121. The molecule has 1 amide bonds. The van der Waals surface area contributed by atoms with Crippen molar-refractivity contribution in [1.29, 1.82) is 0 Å². The number of halogens is 2. The lowest BCUT2D eigenvalue weighted by Crippen LogP contribution is -2.45. The molecular formula is C25H29F2N3O2. The largest absolute Gasteiger partial charge is 0.441 e. The fourth-order valence-corrected chi connectivity index (χ4v) is 3.77. The van der Waals surface area contributed by atoms with Crippen molar-refractivity contribution in [2.24, 2.45) is 0 Å². The van der Waals surface area contributed by atoms with E-state index in [2.05, 4.69) is 41.2 Å². The number of rotatable bonds is 11. The minimum Gasteiger partial charge on any atom is -0.441 e. The van der Waals surface area contributed by atoms with Gasteiger partial charge in [-0.3, -0.25) is 9.69 Å². The molecule has 1 heterocycles. The highest BCUT2D eigenvalue weighted by Crippen LogP contribution is 2.26. The maximum atomic E-state index is 13.9. The summed E-state index contributed by atoms with van der Waals surface area (Å²) in [4.78, 5) is 18.8. The number of carbonyl (C=O) groups is 1. The molecule has 5 nitrogen and oxygen atoms in total. The fourth-order valence-electron chi connectivity index (χ4n) is 3.77. The first kappa shape index (κ1) is 23.6. The van der Waals surface area contributed by atoms with Crippen LogP contribution in [-0.4, -0.2) is 41.5 Å². The Kier molecular flexibility index (Phi) is 8.50. The van der Waals surface area contributed by atoms with Gasteiger partial charge in [0.25, 0.3) is 0 Å². The van der Waals surface area contributed by atoms with Crippen molar-refractivity contribution in [3.05, 3.63) is 77.8 Å². The lowest BCUT2D eigenvalue weighted by Gasteiger charge is -2.30. The molecule has 0 bridgehead atoms. The molecule has 1 aromatic heterocycles. The van der Waals surface area contributed by atoms with E-state index >= 15 is 0 Å². The molecule has 0 saturated heterocycles. The second-order valence-corrected chi connectivity index (χ2v) is 7.58. The number of hydrogen-bond acceptors (Lipinski definition) is 4. The molecule has 0 saturated carbocycles. The smallest absolute Gasteiger partial charge is 0.220 e. The number of carbonyl (C=O) groups excluding carboxylic acids is 1. The standard InChI is InChI=1S/C25H29F2N3O2/c1-3-30(4-2)19(15-18-9-6-5-7-10-18)16-28-23(31)13-14-24-29-17-22(32-24)25-20(26)11-8-12-21(25)27/h5-12,17,19H,3-4,13-16H2,1-2H3,(H,28,31). The molecular weight excluding hydrogens is 412 g/mol. The number of nitrogens with zero attached hydrogens (tertiary/aromatic N) is 2. The number of hydrogen-bond donors (Lipinski definition) is 1. The summed E-state index contributed by atoms with van der Waals surface area (Å²) in [5.74, 6) is -1.27. The summed E-state index contributed by atoms with van der Waals surface area (Å²) in [6.07, 6.45) is 2.55. The molecule has 0 radical (unpaired) electrons. The third-order valence-corrected chi connectivity index (χ3v) is 5.51. The molecule has 170 valence electrons. The third-order valence-electron chi connectivity index (χ3n) is 5.51. The highest BCUT2D eigenvalue weighted by Gasteiger charge is 2.19. The van der Waals surface area contributed by atoms with Gasteiger partial charge in [-0.05, 0) is 37.2 Å². The van der Waals surface area contributed by atoms with Crippen LogP contribution in [0, 0.1) is 11.6 Å². The van der Waals surface area contributed by atoms with Crippen molar-refractivity contribution in [2.75, 3.05) is 19.6 Å². The second-order valence-electron chi connectivity index (χ2n) is 7.58. The van der Waals surface area contributed by atoms with Crippen LogP contribution in [-0.2, 0) is 17.6 Å². The molecule has 32 heavy (non-hydrogen) atoms. The molecule has 0 aliphatic heterocycles. The quantitative estimate of drug-likeness (QED) is 0.472. The number of nitrogens with one attached hydrogen (secondary N) is 1. The number of amides is 1. The summed E-state index contributed by atoms with van der Waals surface area (Å²) < 4.78 is 33.3. The van der Waals surface area contributed by atoms with Crippen LogP contribution in [0.25, 0.3) is 11.3 Å². The van der Waals surface area contributed by atoms with Crippen molar-refractivity contribution in [1.82, 2.24) is 15.2 Å². The summed E-state index contributed by atoms with van der Waals surface area (Å²) in [7, 11) is 0. The van der Waals surface area contributed by atoms with Gasteiger partial charge >= 0.3 is 0 Å². The minimum absolute atomic E-state index is 0.0143. The van der Waals surface area contributed by atoms with Gasteiger partial charge in [0.05, 0.1) is 11.8 Å². The van der Waals surface area contributed by atoms with Crippen LogP contribution in [0.4, 0.5) is 8.78 Å². The van der Waals surface area contributed by atoms with E-state index in [9.17, 15) is 13.6 Å². The van der Waals surface area contributed by atoms with E-state index in [4.69, 9.17) is 4.42 Å². The Labute approximate surface area is 187 Å². The van der Waals surface area contributed by atoms with E-state index in [1.165, 1.54) is 17.8 Å². The molecule has 0 spiro atoms. The van der Waals surface area contributed by atoms with Crippen LogP contribution >= 0.6 is 0 Å². The molecule has 0 aliphatic rings. The van der Waals surface area contributed by atoms with E-state index in [1.54, 1.807) is 0 Å². The van der Waals surface area contributed by atoms with E-state index in [1.807, 2.05) is 18.2 Å². The van der Waals surface area contributed by atoms with Gasteiger partial charge in [0.15, 0.2) is 11.7 Å². The van der Waals surface area contributed by atoms with E-state index in [0.717, 1.165) is 31.6 Å². The third kappa shape index (κ3) is 6.23. The van der Waals surface area contributed by atoms with Gasteiger partial charge in [0.1, 0.15) is 11.6 Å². The fraction of sp³-hybridized carbons (Fsp3) is 0.360. The maximum Gasteiger partial charge on any atom is 0.220 e. The van der Waals surface area contributed by atoms with Gasteiger partial charge in [-0.25, -0.2) is 13.8 Å². The van der Waals surface area contributed by atoms with Crippen molar-refractivity contribution in [3.8, 4) is 11.3 Å². The van der Waals surface area contributed by atoms with E-state index in [0.29, 0.717) is 6.54 Å². The molecule has 1 unspecified atom stereocenters. The van der Waals surface area contributed by atoms with E-state index < -0.39 is 11.6 Å². The predicted octanol–water partition coefficient (Wildman–Crippen LogP) is 4.62. The van der Waals surface area contributed by atoms with Gasteiger partial charge in [0, 0.05) is 25.4 Å². The van der Waals surface area contributed by atoms with Gasteiger partial charge < -0.3 is 9.73 Å². The number of oxazole rings is 1. The summed E-state index contributed by atoms with van der Waals surface area (Å²) in [6.45, 7) is 6.56. The number of benzene rings is 2. The van der Waals surface area contributed by atoms with E-state index in [-0.39, 0.29) is 42.0 Å². The molecule has 2 aromatic carbocycles. The molecule has 0 aliphatic carbocycles. The average molecular weight is 442 g/mol. The van der Waals surface area contributed by atoms with Crippen LogP contribution in [0.3, 0.4) is 0 Å². The van der Waals surface area contributed by atoms with Crippen LogP contribution in [0.5, 0.6) is 0 Å². The Balaban J connectivity index is 1.55. The maximum absolute atomic E-state index is 13.9. The molecule has 1 N–H and O–H groups in total. The van der Waals surface area contributed by atoms with Gasteiger partial charge in [-0.2, -0.15) is 0 Å². The molecule has 0 fully saturated rings. The Morgan fingerprint density at radius 2 is 1.75 bits per heavy atom. The SMILES string of the molecule is CCN(CC)C(CNC(=O)CCc1ncc(-c2c(F)cccc2F)o1)Cc1ccccc1. The van der Waals surface area contributed by atoms with Crippen LogP contribution < -0.4 is 5.32 Å². The highest BCUT2D eigenvalue weighted by molar-refractivity contribution is 5.76. The molecule has 3 rings (SSSR count). The first-order valence-electron chi connectivity index (χ1n) is 11.0. The molecule has 7 heteroatoms. The van der Waals surface area contributed by atoms with Crippen molar-refractivity contribution in [2.45, 2.75) is 39.2 Å². The highest BCUT2D eigenvalue weighted by atomic mass is 19.1. The van der Waals surface area contributed by atoms with Crippen molar-refractivity contribution in [3.63, 3.8) is 0 Å². The zero-order chi connectivity index (χ0) is 22.9. The van der Waals surface area contributed by atoms with Crippen LogP contribution in [0.2, 0.25) is 0 Å². The first-order chi connectivity index (χ1) is 15.5. The van der Waals surface area contributed by atoms with Gasteiger partial charge in [-0.1, -0.05) is 50.2 Å². The Morgan fingerprint density at radius 1 is 1.06 bits per heavy atom. The molecule has 3 aromatic rings. The first-order valence-corrected chi connectivity index (χ1v) is 11.0.